The number of hydrogen-bond acceptors (Lipinski definition) is 4. The summed E-state index contributed by atoms with van der Waals surface area (Å²) in [5.74, 6) is -0.0293. The number of benzene rings is 2. The van der Waals surface area contributed by atoms with E-state index in [0.717, 1.165) is 50.9 Å². The van der Waals surface area contributed by atoms with Gasteiger partial charge in [-0.05, 0) is 68.4 Å². The van der Waals surface area contributed by atoms with Crippen LogP contribution in [-0.2, 0) is 0 Å². The lowest BCUT2D eigenvalue weighted by atomic mass is 9.94. The van der Waals surface area contributed by atoms with Crippen LogP contribution >= 0.6 is 23.2 Å². The number of carboxylic acid groups (broad SMARTS) is 1. The number of ether oxygens (including phenoxy) is 1. The number of piperidine rings is 2. The Morgan fingerprint density at radius 1 is 0.971 bits per heavy atom. The lowest BCUT2D eigenvalue weighted by Crippen LogP contribution is -2.44. The van der Waals surface area contributed by atoms with Gasteiger partial charge in [0.1, 0.15) is 11.9 Å². The van der Waals surface area contributed by atoms with Crippen LogP contribution in [0.25, 0.3) is 0 Å². The summed E-state index contributed by atoms with van der Waals surface area (Å²) in [6, 6.07) is 10.1. The van der Waals surface area contributed by atoms with Crippen LogP contribution in [0.2, 0.25) is 10.0 Å². The van der Waals surface area contributed by atoms with Gasteiger partial charge in [0.15, 0.2) is 0 Å². The average Bonchev–Trinajstić information content (AvgIpc) is 2.85. The van der Waals surface area contributed by atoms with E-state index in [-0.39, 0.29) is 23.1 Å². The molecule has 2 heterocycles. The van der Waals surface area contributed by atoms with Gasteiger partial charge in [-0.3, -0.25) is 4.79 Å². The first-order valence-electron chi connectivity index (χ1n) is 11.8. The van der Waals surface area contributed by atoms with E-state index in [1.54, 1.807) is 23.1 Å². The number of likely N-dealkylation sites (tertiary alicyclic amines) is 2. The molecule has 2 aromatic rings. The Labute approximate surface area is 210 Å². The van der Waals surface area contributed by atoms with Crippen molar-refractivity contribution in [3.8, 4) is 5.75 Å². The standard InChI is InChI=1S/C26H30Cl2N2O4/c1-17-22(27)6-7-23(24(17)28)34-19-10-12-29(13-11-19)16-18-8-14-30(15-9-18)25(31)20-4-2-3-5-21(20)26(32)33/h2-7,18-19H,8-16H2,1H3,(H,32,33). The lowest BCUT2D eigenvalue weighted by Gasteiger charge is -2.37. The van der Waals surface area contributed by atoms with Gasteiger partial charge in [0, 0.05) is 37.7 Å². The molecule has 8 heteroatoms. The van der Waals surface area contributed by atoms with Gasteiger partial charge in [0.05, 0.1) is 16.1 Å². The lowest BCUT2D eigenvalue weighted by molar-refractivity contribution is 0.0594. The molecule has 0 aromatic heterocycles. The van der Waals surface area contributed by atoms with E-state index in [4.69, 9.17) is 27.9 Å². The van der Waals surface area contributed by atoms with Gasteiger partial charge in [-0.25, -0.2) is 4.79 Å². The van der Waals surface area contributed by atoms with Gasteiger partial charge < -0.3 is 19.6 Å². The van der Waals surface area contributed by atoms with Crippen LogP contribution in [-0.4, -0.2) is 65.6 Å². The van der Waals surface area contributed by atoms with Crippen LogP contribution in [0.15, 0.2) is 36.4 Å². The highest BCUT2D eigenvalue weighted by atomic mass is 35.5. The molecule has 1 N–H and O–H groups in total. The first-order chi connectivity index (χ1) is 16.3. The van der Waals surface area contributed by atoms with Gasteiger partial charge in [0.2, 0.25) is 0 Å². The van der Waals surface area contributed by atoms with E-state index in [9.17, 15) is 14.7 Å². The molecule has 0 spiro atoms. The molecule has 0 bridgehead atoms. The van der Waals surface area contributed by atoms with Gasteiger partial charge in [-0.15, -0.1) is 0 Å². The molecular weight excluding hydrogens is 475 g/mol. The second-order valence-electron chi connectivity index (χ2n) is 9.19. The Morgan fingerprint density at radius 2 is 1.62 bits per heavy atom. The molecule has 1 amide bonds. The van der Waals surface area contributed by atoms with Crippen LogP contribution in [0, 0.1) is 12.8 Å². The Hall–Kier alpha value is -2.28. The smallest absolute Gasteiger partial charge is 0.336 e. The highest BCUT2D eigenvalue weighted by Gasteiger charge is 2.29. The highest BCUT2D eigenvalue weighted by molar-refractivity contribution is 6.36. The third kappa shape index (κ3) is 5.68. The molecule has 2 aliphatic rings. The molecule has 2 saturated heterocycles. The maximum atomic E-state index is 12.9. The van der Waals surface area contributed by atoms with Crippen molar-refractivity contribution in [3.05, 3.63) is 63.1 Å². The minimum absolute atomic E-state index is 0.0646. The van der Waals surface area contributed by atoms with Crippen LogP contribution in [0.5, 0.6) is 5.75 Å². The molecule has 4 rings (SSSR count). The van der Waals surface area contributed by atoms with Gasteiger partial charge in [-0.2, -0.15) is 0 Å². The molecule has 0 aliphatic carbocycles. The number of amides is 1. The fourth-order valence-corrected chi connectivity index (χ4v) is 5.24. The number of hydrogen-bond donors (Lipinski definition) is 1. The molecule has 182 valence electrons. The van der Waals surface area contributed by atoms with Crippen LogP contribution < -0.4 is 4.74 Å². The minimum Gasteiger partial charge on any atom is -0.489 e. The number of rotatable bonds is 6. The van der Waals surface area contributed by atoms with Crippen molar-refractivity contribution in [2.24, 2.45) is 5.92 Å². The number of nitrogens with zero attached hydrogens (tertiary/aromatic N) is 2. The molecule has 0 unspecified atom stereocenters. The zero-order valence-electron chi connectivity index (χ0n) is 19.3. The number of aromatic carboxylic acids is 1. The minimum atomic E-state index is -1.07. The fraction of sp³-hybridized carbons (Fsp3) is 0.462. The molecule has 2 fully saturated rings. The van der Waals surface area contributed by atoms with Crippen molar-refractivity contribution in [1.82, 2.24) is 9.80 Å². The molecule has 34 heavy (non-hydrogen) atoms. The summed E-state index contributed by atoms with van der Waals surface area (Å²) in [6.45, 7) is 6.17. The summed E-state index contributed by atoms with van der Waals surface area (Å²) in [5.41, 5.74) is 1.18. The Morgan fingerprint density at radius 3 is 2.26 bits per heavy atom. The topological polar surface area (TPSA) is 70.1 Å². The summed E-state index contributed by atoms with van der Waals surface area (Å²) in [5, 5.41) is 10.6. The molecule has 0 saturated carbocycles. The largest absolute Gasteiger partial charge is 0.489 e. The third-order valence-electron chi connectivity index (χ3n) is 6.92. The van der Waals surface area contributed by atoms with Gasteiger partial charge in [0.25, 0.3) is 5.91 Å². The summed E-state index contributed by atoms with van der Waals surface area (Å²) in [4.78, 5) is 28.6. The van der Waals surface area contributed by atoms with Crippen LogP contribution in [0.1, 0.15) is 52.0 Å². The fourth-order valence-electron chi connectivity index (χ4n) is 4.83. The van der Waals surface area contributed by atoms with E-state index in [1.807, 2.05) is 19.1 Å². The molecule has 2 aliphatic heterocycles. The maximum Gasteiger partial charge on any atom is 0.336 e. The Balaban J connectivity index is 1.23. The quantitative estimate of drug-likeness (QED) is 0.570. The molecule has 0 radical (unpaired) electrons. The molecule has 2 aromatic carbocycles. The SMILES string of the molecule is Cc1c(Cl)ccc(OC2CCN(CC3CCN(C(=O)c4ccccc4C(=O)O)CC3)CC2)c1Cl. The van der Waals surface area contributed by atoms with Crippen molar-refractivity contribution in [1.29, 1.82) is 0 Å². The number of carbonyl (C=O) groups is 2. The van der Waals surface area contributed by atoms with E-state index in [0.29, 0.717) is 34.8 Å². The van der Waals surface area contributed by atoms with Crippen molar-refractivity contribution >= 4 is 35.1 Å². The van der Waals surface area contributed by atoms with E-state index >= 15 is 0 Å². The molecule has 0 atom stereocenters. The maximum absolute atomic E-state index is 12.9. The van der Waals surface area contributed by atoms with E-state index in [2.05, 4.69) is 4.90 Å². The number of halogens is 2. The molecule has 6 nitrogen and oxygen atoms in total. The second kappa shape index (κ2) is 11.0. The predicted molar refractivity (Wildman–Crippen MR) is 133 cm³/mol. The Bertz CT molecular complexity index is 1050. The Kier molecular flexibility index (Phi) is 8.02. The number of carbonyl (C=O) groups excluding carboxylic acids is 1. The van der Waals surface area contributed by atoms with Gasteiger partial charge >= 0.3 is 5.97 Å². The van der Waals surface area contributed by atoms with Crippen LogP contribution in [0.4, 0.5) is 0 Å². The van der Waals surface area contributed by atoms with Crippen molar-refractivity contribution < 1.29 is 19.4 Å². The second-order valence-corrected chi connectivity index (χ2v) is 9.97. The molecular formula is C26H30Cl2N2O4. The summed E-state index contributed by atoms with van der Waals surface area (Å²) < 4.78 is 6.17. The van der Waals surface area contributed by atoms with Crippen molar-refractivity contribution in [2.75, 3.05) is 32.7 Å². The highest BCUT2D eigenvalue weighted by Crippen LogP contribution is 2.34. The van der Waals surface area contributed by atoms with Crippen molar-refractivity contribution in [2.45, 2.75) is 38.7 Å². The predicted octanol–water partition coefficient (Wildman–Crippen LogP) is 5.40. The summed E-state index contributed by atoms with van der Waals surface area (Å²) in [6.07, 6.45) is 3.89. The van der Waals surface area contributed by atoms with E-state index < -0.39 is 5.97 Å². The summed E-state index contributed by atoms with van der Waals surface area (Å²) >= 11 is 12.5. The summed E-state index contributed by atoms with van der Waals surface area (Å²) in [7, 11) is 0. The number of carboxylic acids is 1. The monoisotopic (exact) mass is 504 g/mol. The third-order valence-corrected chi connectivity index (χ3v) is 7.80. The zero-order chi connectivity index (χ0) is 24.2. The zero-order valence-corrected chi connectivity index (χ0v) is 20.8. The normalized spacial score (nSPS) is 18.1. The van der Waals surface area contributed by atoms with Gasteiger partial charge in [-0.1, -0.05) is 35.3 Å². The van der Waals surface area contributed by atoms with Crippen LogP contribution in [0.3, 0.4) is 0 Å². The van der Waals surface area contributed by atoms with E-state index in [1.165, 1.54) is 6.07 Å². The first kappa shape index (κ1) is 24.8. The van der Waals surface area contributed by atoms with Crippen molar-refractivity contribution in [3.63, 3.8) is 0 Å². The average molecular weight is 505 g/mol. The first-order valence-corrected chi connectivity index (χ1v) is 12.5.